The average molecular weight is 343 g/mol. The third kappa shape index (κ3) is 3.13. The Labute approximate surface area is 133 Å². The highest BCUT2D eigenvalue weighted by atomic mass is 35.5. The molecule has 9 heteroatoms. The van der Waals surface area contributed by atoms with Gasteiger partial charge in [0.05, 0.1) is 15.6 Å². The molecule has 0 aliphatic carbocycles. The molecule has 1 aromatic heterocycles. The Morgan fingerprint density at radius 3 is 2.32 bits per heavy atom. The highest BCUT2D eigenvalue weighted by Crippen LogP contribution is 2.21. The Bertz CT molecular complexity index is 813. The fraction of sp³-hybridized carbons (Fsp3) is 0.231. The Hall–Kier alpha value is -1.90. The Kier molecular flexibility index (Phi) is 4.55. The van der Waals surface area contributed by atoms with Gasteiger partial charge in [0, 0.05) is 12.7 Å². The summed E-state index contributed by atoms with van der Waals surface area (Å²) >= 11 is 6.05. The molecule has 1 aromatic carbocycles. The van der Waals surface area contributed by atoms with Crippen molar-refractivity contribution in [3.05, 3.63) is 40.7 Å². The van der Waals surface area contributed by atoms with Crippen LogP contribution in [0.4, 0.5) is 5.69 Å². The molecule has 2 N–H and O–H groups in total. The first-order valence-electron chi connectivity index (χ1n) is 6.30. The van der Waals surface area contributed by atoms with Gasteiger partial charge in [0.2, 0.25) is 10.0 Å². The molecule has 0 saturated heterocycles. The smallest absolute Gasteiger partial charge is 0.275 e. The van der Waals surface area contributed by atoms with E-state index in [9.17, 15) is 13.2 Å². The maximum Gasteiger partial charge on any atom is 0.275 e. The van der Waals surface area contributed by atoms with Crippen LogP contribution in [0.25, 0.3) is 0 Å². The molecule has 22 heavy (non-hydrogen) atoms. The maximum absolute atomic E-state index is 12.2. The van der Waals surface area contributed by atoms with Crippen LogP contribution in [0, 0.1) is 6.92 Å². The largest absolute Gasteiger partial charge is 0.321 e. The molecule has 1 amide bonds. The highest BCUT2D eigenvalue weighted by Gasteiger charge is 2.19. The van der Waals surface area contributed by atoms with Crippen LogP contribution in [0.3, 0.4) is 0 Å². The Morgan fingerprint density at radius 1 is 1.27 bits per heavy atom. The lowest BCUT2D eigenvalue weighted by atomic mass is 10.3. The normalized spacial score (nSPS) is 11.5. The van der Waals surface area contributed by atoms with Gasteiger partial charge in [-0.15, -0.1) is 0 Å². The summed E-state index contributed by atoms with van der Waals surface area (Å²) in [5.41, 5.74) is 1.26. The third-order valence-corrected chi connectivity index (χ3v) is 4.94. The van der Waals surface area contributed by atoms with Crippen molar-refractivity contribution in [1.82, 2.24) is 14.5 Å². The van der Waals surface area contributed by atoms with Crippen LogP contribution in [0.5, 0.6) is 0 Å². The van der Waals surface area contributed by atoms with Crippen LogP contribution in [0.2, 0.25) is 5.02 Å². The standard InChI is InChI=1S/C13H15ClN4O3S/c1-8-11(14)12(18(3)17-8)13(19)16-9-4-6-10(7-5-9)22(20,21)15-2/h4-7,15H,1-3H3,(H,16,19). The second-order valence-electron chi connectivity index (χ2n) is 4.56. The lowest BCUT2D eigenvalue weighted by Gasteiger charge is -2.07. The molecule has 0 bridgehead atoms. The van der Waals surface area contributed by atoms with Crippen molar-refractivity contribution in [3.63, 3.8) is 0 Å². The molecular weight excluding hydrogens is 328 g/mol. The van der Waals surface area contributed by atoms with Crippen molar-refractivity contribution < 1.29 is 13.2 Å². The van der Waals surface area contributed by atoms with Gasteiger partial charge in [-0.2, -0.15) is 5.10 Å². The van der Waals surface area contributed by atoms with Gasteiger partial charge in [-0.25, -0.2) is 13.1 Å². The van der Waals surface area contributed by atoms with Gasteiger partial charge in [-0.3, -0.25) is 9.48 Å². The number of halogens is 1. The van der Waals surface area contributed by atoms with Gasteiger partial charge < -0.3 is 5.32 Å². The van der Waals surface area contributed by atoms with Crippen molar-refractivity contribution in [2.45, 2.75) is 11.8 Å². The predicted octanol–water partition coefficient (Wildman–Crippen LogP) is 1.54. The number of amides is 1. The molecule has 118 valence electrons. The van der Waals surface area contributed by atoms with Crippen molar-refractivity contribution in [2.75, 3.05) is 12.4 Å². The molecular formula is C13H15ClN4O3S. The van der Waals surface area contributed by atoms with E-state index in [1.807, 2.05) is 0 Å². The monoisotopic (exact) mass is 342 g/mol. The lowest BCUT2D eigenvalue weighted by molar-refractivity contribution is 0.101. The predicted molar refractivity (Wildman–Crippen MR) is 83.6 cm³/mol. The van der Waals surface area contributed by atoms with Crippen molar-refractivity contribution in [2.24, 2.45) is 7.05 Å². The number of nitrogens with one attached hydrogen (secondary N) is 2. The van der Waals surface area contributed by atoms with Crippen molar-refractivity contribution in [3.8, 4) is 0 Å². The minimum Gasteiger partial charge on any atom is -0.321 e. The lowest BCUT2D eigenvalue weighted by Crippen LogP contribution is -2.19. The van der Waals surface area contributed by atoms with Crippen LogP contribution >= 0.6 is 11.6 Å². The second kappa shape index (κ2) is 6.07. The zero-order valence-electron chi connectivity index (χ0n) is 12.2. The summed E-state index contributed by atoms with van der Waals surface area (Å²) in [7, 11) is -0.551. The van der Waals surface area contributed by atoms with Gasteiger partial charge in [0.25, 0.3) is 5.91 Å². The number of carbonyl (C=O) groups is 1. The molecule has 1 heterocycles. The van der Waals surface area contributed by atoms with Crippen LogP contribution in [-0.2, 0) is 17.1 Å². The van der Waals surface area contributed by atoms with E-state index < -0.39 is 15.9 Å². The molecule has 0 spiro atoms. The summed E-state index contributed by atoms with van der Waals surface area (Å²) in [5.74, 6) is -0.419. The van der Waals surface area contributed by atoms with Crippen LogP contribution in [0.15, 0.2) is 29.2 Å². The van der Waals surface area contributed by atoms with E-state index in [1.54, 1.807) is 14.0 Å². The van der Waals surface area contributed by atoms with E-state index in [0.717, 1.165) is 0 Å². The zero-order chi connectivity index (χ0) is 16.5. The molecule has 0 saturated carbocycles. The molecule has 2 aromatic rings. The summed E-state index contributed by atoms with van der Waals surface area (Å²) < 4.78 is 26.9. The fourth-order valence-electron chi connectivity index (χ4n) is 1.90. The topological polar surface area (TPSA) is 93.1 Å². The summed E-state index contributed by atoms with van der Waals surface area (Å²) in [6, 6.07) is 5.80. The number of rotatable bonds is 4. The third-order valence-electron chi connectivity index (χ3n) is 3.06. The van der Waals surface area contributed by atoms with Gasteiger partial charge in [-0.1, -0.05) is 11.6 Å². The molecule has 7 nitrogen and oxygen atoms in total. The minimum atomic E-state index is -3.50. The highest BCUT2D eigenvalue weighted by molar-refractivity contribution is 7.89. The number of anilines is 1. The van der Waals surface area contributed by atoms with Crippen LogP contribution in [-0.4, -0.2) is 31.2 Å². The second-order valence-corrected chi connectivity index (χ2v) is 6.82. The number of nitrogens with zero attached hydrogens (tertiary/aromatic N) is 2. The van der Waals surface area contributed by atoms with E-state index >= 15 is 0 Å². The zero-order valence-corrected chi connectivity index (χ0v) is 13.8. The van der Waals surface area contributed by atoms with E-state index in [1.165, 1.54) is 36.0 Å². The average Bonchev–Trinajstić information content (AvgIpc) is 2.72. The molecule has 0 unspecified atom stereocenters. The number of carbonyl (C=O) groups excluding carboxylic acids is 1. The first-order valence-corrected chi connectivity index (χ1v) is 8.16. The van der Waals surface area contributed by atoms with Gasteiger partial charge in [0.1, 0.15) is 5.69 Å². The number of aryl methyl sites for hydroxylation is 2. The summed E-state index contributed by atoms with van der Waals surface area (Å²) in [5, 5.41) is 7.00. The van der Waals surface area contributed by atoms with Crippen molar-refractivity contribution >= 4 is 33.2 Å². The van der Waals surface area contributed by atoms with Gasteiger partial charge in [-0.05, 0) is 38.2 Å². The Morgan fingerprint density at radius 2 is 1.86 bits per heavy atom. The van der Waals surface area contributed by atoms with E-state index in [2.05, 4.69) is 15.1 Å². The fourth-order valence-corrected chi connectivity index (χ4v) is 2.88. The number of aromatic nitrogens is 2. The Balaban J connectivity index is 2.23. The first kappa shape index (κ1) is 16.5. The summed E-state index contributed by atoms with van der Waals surface area (Å²) in [6.07, 6.45) is 0. The SMILES string of the molecule is CNS(=O)(=O)c1ccc(NC(=O)c2c(Cl)c(C)nn2C)cc1. The molecule has 0 aliphatic heterocycles. The van der Waals surface area contributed by atoms with Crippen molar-refractivity contribution in [1.29, 1.82) is 0 Å². The first-order chi connectivity index (χ1) is 10.3. The number of hydrogen-bond acceptors (Lipinski definition) is 4. The quantitative estimate of drug-likeness (QED) is 0.881. The molecule has 0 fully saturated rings. The molecule has 0 radical (unpaired) electrons. The van der Waals surface area contributed by atoms with Gasteiger partial charge >= 0.3 is 0 Å². The van der Waals surface area contributed by atoms with Crippen LogP contribution < -0.4 is 10.0 Å². The van der Waals surface area contributed by atoms with E-state index in [4.69, 9.17) is 11.6 Å². The maximum atomic E-state index is 12.2. The number of sulfonamides is 1. The molecule has 2 rings (SSSR count). The molecule has 0 atom stereocenters. The minimum absolute atomic E-state index is 0.113. The van der Waals surface area contributed by atoms with E-state index in [-0.39, 0.29) is 15.6 Å². The van der Waals surface area contributed by atoms with Crippen LogP contribution in [0.1, 0.15) is 16.2 Å². The molecule has 0 aliphatic rings. The van der Waals surface area contributed by atoms with E-state index in [0.29, 0.717) is 11.4 Å². The number of hydrogen-bond donors (Lipinski definition) is 2. The summed E-state index contributed by atoms with van der Waals surface area (Å²) in [6.45, 7) is 1.70. The number of benzene rings is 1. The van der Waals surface area contributed by atoms with Gasteiger partial charge in [0.15, 0.2) is 0 Å². The summed E-state index contributed by atoms with van der Waals surface area (Å²) in [4.78, 5) is 12.3.